The number of nitrogens with one attached hydrogen (secondary N) is 1. The van der Waals surface area contributed by atoms with Crippen molar-refractivity contribution < 1.29 is 4.39 Å². The number of hydrogen-bond donors (Lipinski definition) is 1. The summed E-state index contributed by atoms with van der Waals surface area (Å²) in [7, 11) is 0. The van der Waals surface area contributed by atoms with Crippen molar-refractivity contribution in [3.8, 4) is 0 Å². The topological polar surface area (TPSA) is 29.9 Å². The fourth-order valence-corrected chi connectivity index (χ4v) is 1.64. The van der Waals surface area contributed by atoms with Gasteiger partial charge in [-0.3, -0.25) is 4.68 Å². The van der Waals surface area contributed by atoms with E-state index in [2.05, 4.69) is 17.3 Å². The monoisotopic (exact) mass is 233 g/mol. The van der Waals surface area contributed by atoms with Gasteiger partial charge in [0, 0.05) is 18.4 Å². The molecule has 0 aliphatic heterocycles. The van der Waals surface area contributed by atoms with Crippen LogP contribution in [0.1, 0.15) is 19.0 Å². The number of aryl methyl sites for hydroxylation is 1. The molecular formula is C13H16FN3. The second kappa shape index (κ2) is 5.48. The minimum absolute atomic E-state index is 0.230. The molecule has 0 fully saturated rings. The molecule has 1 aromatic carbocycles. The van der Waals surface area contributed by atoms with Crippen LogP contribution in [-0.4, -0.2) is 9.78 Å². The lowest BCUT2D eigenvalue weighted by Gasteiger charge is -2.04. The fourth-order valence-electron chi connectivity index (χ4n) is 1.64. The van der Waals surface area contributed by atoms with E-state index in [0.717, 1.165) is 24.3 Å². The summed E-state index contributed by atoms with van der Waals surface area (Å²) in [5.41, 5.74) is 1.73. The molecular weight excluding hydrogens is 217 g/mol. The quantitative estimate of drug-likeness (QED) is 0.860. The Hall–Kier alpha value is -1.84. The molecule has 2 rings (SSSR count). The highest BCUT2D eigenvalue weighted by atomic mass is 19.1. The maximum Gasteiger partial charge on any atom is 0.125 e. The first-order valence-electron chi connectivity index (χ1n) is 5.79. The van der Waals surface area contributed by atoms with E-state index < -0.39 is 0 Å². The van der Waals surface area contributed by atoms with Crippen LogP contribution in [0.2, 0.25) is 0 Å². The summed E-state index contributed by atoms with van der Waals surface area (Å²) in [5.74, 6) is -0.230. The summed E-state index contributed by atoms with van der Waals surface area (Å²) >= 11 is 0. The van der Waals surface area contributed by atoms with Gasteiger partial charge < -0.3 is 5.32 Å². The molecule has 0 radical (unpaired) electrons. The van der Waals surface area contributed by atoms with Crippen LogP contribution >= 0.6 is 0 Å². The minimum Gasteiger partial charge on any atom is -0.379 e. The molecule has 0 aliphatic carbocycles. The molecule has 3 nitrogen and oxygen atoms in total. The molecule has 0 spiro atoms. The van der Waals surface area contributed by atoms with Crippen LogP contribution in [0, 0.1) is 5.82 Å². The van der Waals surface area contributed by atoms with Gasteiger partial charge in [-0.1, -0.05) is 13.0 Å². The third-order valence-electron chi connectivity index (χ3n) is 2.45. The zero-order valence-corrected chi connectivity index (χ0v) is 9.86. The van der Waals surface area contributed by atoms with E-state index in [1.54, 1.807) is 6.07 Å². The molecule has 0 saturated heterocycles. The summed E-state index contributed by atoms with van der Waals surface area (Å²) in [5, 5.41) is 7.54. The van der Waals surface area contributed by atoms with E-state index in [1.807, 2.05) is 23.0 Å². The van der Waals surface area contributed by atoms with Crippen molar-refractivity contribution in [3.05, 3.63) is 48.0 Å². The molecule has 1 heterocycles. The smallest absolute Gasteiger partial charge is 0.125 e. The zero-order valence-electron chi connectivity index (χ0n) is 9.86. The van der Waals surface area contributed by atoms with E-state index in [4.69, 9.17) is 0 Å². The summed E-state index contributed by atoms with van der Waals surface area (Å²) in [6, 6.07) is 8.41. The number of aromatic nitrogens is 2. The van der Waals surface area contributed by atoms with Gasteiger partial charge in [0.05, 0.1) is 12.2 Å². The van der Waals surface area contributed by atoms with Crippen LogP contribution in [0.25, 0.3) is 0 Å². The van der Waals surface area contributed by atoms with E-state index in [9.17, 15) is 4.39 Å². The Bertz CT molecular complexity index is 479. The first-order valence-corrected chi connectivity index (χ1v) is 5.79. The Balaban J connectivity index is 1.93. The van der Waals surface area contributed by atoms with Crippen molar-refractivity contribution in [2.24, 2.45) is 0 Å². The summed E-state index contributed by atoms with van der Waals surface area (Å²) < 4.78 is 14.9. The van der Waals surface area contributed by atoms with E-state index in [-0.39, 0.29) is 5.82 Å². The molecule has 0 aliphatic rings. The van der Waals surface area contributed by atoms with Crippen LogP contribution < -0.4 is 5.32 Å². The Morgan fingerprint density at radius 1 is 1.35 bits per heavy atom. The second-order valence-electron chi connectivity index (χ2n) is 3.93. The van der Waals surface area contributed by atoms with Gasteiger partial charge in [-0.25, -0.2) is 4.39 Å². The van der Waals surface area contributed by atoms with Crippen LogP contribution in [0.3, 0.4) is 0 Å². The van der Waals surface area contributed by atoms with Gasteiger partial charge in [0.15, 0.2) is 0 Å². The minimum atomic E-state index is -0.230. The Kier molecular flexibility index (Phi) is 3.75. The molecule has 1 N–H and O–H groups in total. The van der Waals surface area contributed by atoms with Crippen molar-refractivity contribution in [1.29, 1.82) is 0 Å². The molecule has 0 bridgehead atoms. The van der Waals surface area contributed by atoms with Gasteiger partial charge in [0.25, 0.3) is 0 Å². The van der Waals surface area contributed by atoms with Crippen LogP contribution in [0.15, 0.2) is 36.5 Å². The van der Waals surface area contributed by atoms with Crippen molar-refractivity contribution in [3.63, 3.8) is 0 Å². The number of halogens is 1. The maximum absolute atomic E-state index is 12.9. The van der Waals surface area contributed by atoms with Crippen LogP contribution in [-0.2, 0) is 13.1 Å². The van der Waals surface area contributed by atoms with Crippen LogP contribution in [0.4, 0.5) is 10.1 Å². The Morgan fingerprint density at radius 2 is 2.24 bits per heavy atom. The molecule has 1 aromatic heterocycles. The predicted octanol–water partition coefficient (Wildman–Crippen LogP) is 3.04. The van der Waals surface area contributed by atoms with Crippen molar-refractivity contribution in [2.75, 3.05) is 5.32 Å². The number of benzene rings is 1. The normalized spacial score (nSPS) is 10.5. The molecule has 4 heteroatoms. The number of rotatable bonds is 5. The van der Waals surface area contributed by atoms with Crippen molar-refractivity contribution >= 4 is 5.69 Å². The number of nitrogens with zero attached hydrogens (tertiary/aromatic N) is 2. The second-order valence-corrected chi connectivity index (χ2v) is 3.93. The molecule has 2 aromatic rings. The van der Waals surface area contributed by atoms with Crippen molar-refractivity contribution in [1.82, 2.24) is 9.78 Å². The molecule has 17 heavy (non-hydrogen) atoms. The lowest BCUT2D eigenvalue weighted by molar-refractivity contribution is 0.595. The molecule has 0 amide bonds. The van der Waals surface area contributed by atoms with E-state index >= 15 is 0 Å². The first kappa shape index (κ1) is 11.6. The summed E-state index contributed by atoms with van der Waals surface area (Å²) in [6.07, 6.45) is 3.03. The van der Waals surface area contributed by atoms with Crippen LogP contribution in [0.5, 0.6) is 0 Å². The molecule has 0 unspecified atom stereocenters. The highest BCUT2D eigenvalue weighted by molar-refractivity contribution is 5.43. The van der Waals surface area contributed by atoms with Gasteiger partial charge >= 0.3 is 0 Å². The molecule has 0 atom stereocenters. The average Bonchev–Trinajstić information content (AvgIpc) is 2.75. The van der Waals surface area contributed by atoms with Gasteiger partial charge in [-0.2, -0.15) is 5.10 Å². The maximum atomic E-state index is 12.9. The number of hydrogen-bond acceptors (Lipinski definition) is 2. The van der Waals surface area contributed by atoms with E-state index in [1.165, 1.54) is 12.1 Å². The Labute approximate surface area is 100 Å². The van der Waals surface area contributed by atoms with E-state index in [0.29, 0.717) is 6.54 Å². The largest absolute Gasteiger partial charge is 0.379 e. The predicted molar refractivity (Wildman–Crippen MR) is 66.2 cm³/mol. The highest BCUT2D eigenvalue weighted by Crippen LogP contribution is 2.10. The van der Waals surface area contributed by atoms with Gasteiger partial charge in [0.2, 0.25) is 0 Å². The lowest BCUT2D eigenvalue weighted by atomic mass is 10.3. The Morgan fingerprint density at radius 3 is 3.00 bits per heavy atom. The summed E-state index contributed by atoms with van der Waals surface area (Å²) in [4.78, 5) is 0. The van der Waals surface area contributed by atoms with Gasteiger partial charge in [-0.15, -0.1) is 0 Å². The first-order chi connectivity index (χ1) is 8.28. The fraction of sp³-hybridized carbons (Fsp3) is 0.308. The zero-order chi connectivity index (χ0) is 12.1. The molecule has 0 saturated carbocycles. The van der Waals surface area contributed by atoms with Crippen molar-refractivity contribution in [2.45, 2.75) is 26.4 Å². The lowest BCUT2D eigenvalue weighted by Crippen LogP contribution is -2.03. The number of anilines is 1. The van der Waals surface area contributed by atoms with Gasteiger partial charge in [0.1, 0.15) is 5.82 Å². The standard InChI is InChI=1S/C13H16FN3/c1-2-7-17-8-6-13(16-17)10-15-12-5-3-4-11(14)9-12/h3-6,8-9,15H,2,7,10H2,1H3. The highest BCUT2D eigenvalue weighted by Gasteiger charge is 1.99. The third kappa shape index (κ3) is 3.31. The van der Waals surface area contributed by atoms with Gasteiger partial charge in [-0.05, 0) is 30.7 Å². The third-order valence-corrected chi connectivity index (χ3v) is 2.45. The summed E-state index contributed by atoms with van der Waals surface area (Å²) in [6.45, 7) is 3.66. The SMILES string of the molecule is CCCn1ccc(CNc2cccc(F)c2)n1. The molecule has 90 valence electrons. The average molecular weight is 233 g/mol.